The summed E-state index contributed by atoms with van der Waals surface area (Å²) in [6.45, 7) is 6.52. The van der Waals surface area contributed by atoms with E-state index in [-0.39, 0.29) is 29.0 Å². The van der Waals surface area contributed by atoms with Gasteiger partial charge in [0.1, 0.15) is 18.5 Å². The molecule has 3 aromatic carbocycles. The van der Waals surface area contributed by atoms with E-state index >= 15 is 0 Å². The molecule has 2 atom stereocenters. The quantitative estimate of drug-likeness (QED) is 0.249. The fourth-order valence-electron chi connectivity index (χ4n) is 5.93. The number of sulfone groups is 1. The van der Waals surface area contributed by atoms with Gasteiger partial charge in [-0.15, -0.1) is 0 Å². The molecule has 0 saturated carbocycles. The number of rotatable bonds is 13. The molecule has 10 nitrogen and oxygen atoms in total. The Morgan fingerprint density at radius 3 is 2.35 bits per heavy atom. The number of aliphatic hydroxyl groups excluding tert-OH is 1. The molecule has 12 heteroatoms. The Kier molecular flexibility index (Phi) is 10.9. The zero-order chi connectivity index (χ0) is 33.0. The number of hydrogen-bond acceptors (Lipinski definition) is 9. The standard InChI is InChI=1S/C34H45N3O7S2/c1-25(2)35-21-26-10-12-27(13-11-26)28-6-4-9-33(18-28)46(41,42)37-16-14-34(15-17-37)20-29(23-44-34)36-22-30(38)24-43-31-7-5-8-32(19-31)45(3,39)40/h4-13,18-19,25,29-30,35-36,38H,14-17,20-24H2,1-3H3/t29?,30-/m0/s1. The Morgan fingerprint density at radius 1 is 0.957 bits per heavy atom. The van der Waals surface area contributed by atoms with Crippen LogP contribution in [-0.4, -0.2) is 89.1 Å². The zero-order valence-corrected chi connectivity index (χ0v) is 28.3. The lowest BCUT2D eigenvalue weighted by Crippen LogP contribution is -2.47. The van der Waals surface area contributed by atoms with Gasteiger partial charge in [-0.05, 0) is 66.3 Å². The predicted molar refractivity (Wildman–Crippen MR) is 178 cm³/mol. The fourth-order valence-corrected chi connectivity index (χ4v) is 8.07. The van der Waals surface area contributed by atoms with Crippen molar-refractivity contribution < 1.29 is 31.4 Å². The highest BCUT2D eigenvalue weighted by atomic mass is 32.2. The van der Waals surface area contributed by atoms with E-state index < -0.39 is 31.6 Å². The molecule has 3 aromatic rings. The van der Waals surface area contributed by atoms with Crippen molar-refractivity contribution in [1.82, 2.24) is 14.9 Å². The van der Waals surface area contributed by atoms with Crippen LogP contribution in [0.25, 0.3) is 11.1 Å². The SMILES string of the molecule is CC(C)NCc1ccc(-c2cccc(S(=O)(=O)N3CCC4(CC3)CC(NC[C@H](O)COc3cccc(S(C)(=O)=O)c3)CO4)c2)cc1. The van der Waals surface area contributed by atoms with Gasteiger partial charge in [0.15, 0.2) is 9.84 Å². The number of aliphatic hydroxyl groups is 1. The summed E-state index contributed by atoms with van der Waals surface area (Å²) >= 11 is 0. The van der Waals surface area contributed by atoms with E-state index in [0.29, 0.717) is 44.3 Å². The van der Waals surface area contributed by atoms with Crippen LogP contribution in [-0.2, 0) is 31.1 Å². The van der Waals surface area contributed by atoms with E-state index in [9.17, 15) is 21.9 Å². The summed E-state index contributed by atoms with van der Waals surface area (Å²) in [4.78, 5) is 0.451. The molecule has 0 aliphatic carbocycles. The van der Waals surface area contributed by atoms with Gasteiger partial charge in [-0.3, -0.25) is 0 Å². The maximum absolute atomic E-state index is 13.6. The monoisotopic (exact) mass is 671 g/mol. The van der Waals surface area contributed by atoms with Gasteiger partial charge in [-0.25, -0.2) is 16.8 Å². The molecular weight excluding hydrogens is 627 g/mol. The first-order valence-corrected chi connectivity index (χ1v) is 19.1. The Balaban J connectivity index is 1.10. The largest absolute Gasteiger partial charge is 0.491 e. The Bertz CT molecular complexity index is 1690. The van der Waals surface area contributed by atoms with Crippen LogP contribution in [0.2, 0.25) is 0 Å². The molecule has 5 rings (SSSR count). The van der Waals surface area contributed by atoms with Crippen molar-refractivity contribution in [2.45, 2.75) is 73.2 Å². The van der Waals surface area contributed by atoms with Crippen molar-refractivity contribution in [2.24, 2.45) is 0 Å². The number of nitrogens with zero attached hydrogens (tertiary/aromatic N) is 1. The summed E-state index contributed by atoms with van der Waals surface area (Å²) in [5.41, 5.74) is 2.61. The molecule has 0 radical (unpaired) electrons. The molecule has 250 valence electrons. The summed E-state index contributed by atoms with van der Waals surface area (Å²) in [5, 5.41) is 17.2. The van der Waals surface area contributed by atoms with E-state index in [4.69, 9.17) is 9.47 Å². The van der Waals surface area contributed by atoms with Gasteiger partial charge in [-0.2, -0.15) is 4.31 Å². The van der Waals surface area contributed by atoms with Crippen molar-refractivity contribution in [3.05, 3.63) is 78.4 Å². The number of hydrogen-bond donors (Lipinski definition) is 3. The Labute approximate surface area is 273 Å². The first-order valence-electron chi connectivity index (χ1n) is 15.7. The van der Waals surface area contributed by atoms with Crippen molar-refractivity contribution in [1.29, 1.82) is 0 Å². The molecule has 2 saturated heterocycles. The van der Waals surface area contributed by atoms with Crippen molar-refractivity contribution in [3.63, 3.8) is 0 Å². The third-order valence-corrected chi connectivity index (χ3v) is 11.6. The maximum atomic E-state index is 13.6. The van der Waals surface area contributed by atoms with Crippen LogP contribution in [0.1, 0.15) is 38.7 Å². The maximum Gasteiger partial charge on any atom is 0.243 e. The predicted octanol–water partition coefficient (Wildman–Crippen LogP) is 3.60. The summed E-state index contributed by atoms with van der Waals surface area (Å²) in [5.74, 6) is 0.377. The van der Waals surface area contributed by atoms with E-state index in [1.165, 1.54) is 17.7 Å². The molecule has 2 aliphatic rings. The van der Waals surface area contributed by atoms with Crippen molar-refractivity contribution >= 4 is 19.9 Å². The minimum atomic E-state index is -3.67. The van der Waals surface area contributed by atoms with Crippen molar-refractivity contribution in [2.75, 3.05) is 39.1 Å². The highest BCUT2D eigenvalue weighted by Crippen LogP contribution is 2.37. The lowest BCUT2D eigenvalue weighted by atomic mass is 9.88. The first kappa shape index (κ1) is 34.5. The number of ether oxygens (including phenoxy) is 2. The lowest BCUT2D eigenvalue weighted by Gasteiger charge is -2.38. The molecule has 0 bridgehead atoms. The molecule has 2 heterocycles. The third-order valence-electron chi connectivity index (χ3n) is 8.63. The van der Waals surface area contributed by atoms with Crippen LogP contribution in [0.4, 0.5) is 0 Å². The molecule has 0 amide bonds. The van der Waals surface area contributed by atoms with Crippen LogP contribution in [0.3, 0.4) is 0 Å². The van der Waals surface area contributed by atoms with Gasteiger partial charge in [0.2, 0.25) is 10.0 Å². The second-order valence-electron chi connectivity index (χ2n) is 12.7. The lowest BCUT2D eigenvalue weighted by molar-refractivity contribution is -0.0312. The zero-order valence-electron chi connectivity index (χ0n) is 26.7. The summed E-state index contributed by atoms with van der Waals surface area (Å²) in [7, 11) is -7.02. The number of piperidine rings is 1. The molecule has 2 aliphatic heterocycles. The van der Waals surface area contributed by atoms with Gasteiger partial charge >= 0.3 is 0 Å². The summed E-state index contributed by atoms with van der Waals surface area (Å²) in [6.07, 6.45) is 2.25. The minimum Gasteiger partial charge on any atom is -0.491 e. The van der Waals surface area contributed by atoms with Gasteiger partial charge < -0.3 is 25.2 Å². The van der Waals surface area contributed by atoms with Crippen LogP contribution in [0.5, 0.6) is 5.75 Å². The third kappa shape index (κ3) is 8.74. The molecule has 3 N–H and O–H groups in total. The number of nitrogens with one attached hydrogen (secondary N) is 2. The Morgan fingerprint density at radius 2 is 1.65 bits per heavy atom. The topological polar surface area (TPSA) is 134 Å². The van der Waals surface area contributed by atoms with Gasteiger partial charge in [0, 0.05) is 44.5 Å². The van der Waals surface area contributed by atoms with Crippen LogP contribution >= 0.6 is 0 Å². The Hall–Kier alpha value is -2.84. The van der Waals surface area contributed by atoms with Gasteiger partial charge in [-0.1, -0.05) is 56.3 Å². The fraction of sp³-hybridized carbons (Fsp3) is 0.471. The number of sulfonamides is 1. The molecule has 0 aromatic heterocycles. The van der Waals surface area contributed by atoms with Crippen LogP contribution < -0.4 is 15.4 Å². The smallest absolute Gasteiger partial charge is 0.243 e. The van der Waals surface area contributed by atoms with Gasteiger partial charge in [0.05, 0.1) is 22.0 Å². The number of benzene rings is 3. The minimum absolute atomic E-state index is 0.00798. The van der Waals surface area contributed by atoms with E-state index in [0.717, 1.165) is 30.3 Å². The molecule has 1 spiro atoms. The second-order valence-corrected chi connectivity index (χ2v) is 16.6. The van der Waals surface area contributed by atoms with Crippen LogP contribution in [0, 0.1) is 0 Å². The molecule has 2 fully saturated rings. The first-order chi connectivity index (χ1) is 21.8. The molecular formula is C34H45N3O7S2. The van der Waals surface area contributed by atoms with Crippen molar-refractivity contribution in [3.8, 4) is 16.9 Å². The average Bonchev–Trinajstić information content (AvgIpc) is 3.44. The highest BCUT2D eigenvalue weighted by molar-refractivity contribution is 7.90. The van der Waals surface area contributed by atoms with E-state index in [1.54, 1.807) is 34.6 Å². The average molecular weight is 672 g/mol. The highest BCUT2D eigenvalue weighted by Gasteiger charge is 2.44. The molecule has 1 unspecified atom stereocenters. The summed E-state index contributed by atoms with van der Waals surface area (Å²) < 4.78 is 64.2. The van der Waals surface area contributed by atoms with E-state index in [1.807, 2.05) is 18.2 Å². The van der Waals surface area contributed by atoms with Gasteiger partial charge in [0.25, 0.3) is 0 Å². The normalized spacial score (nSPS) is 19.5. The molecule has 46 heavy (non-hydrogen) atoms. The summed E-state index contributed by atoms with van der Waals surface area (Å²) in [6, 6.07) is 22.0. The van der Waals surface area contributed by atoms with E-state index in [2.05, 4.69) is 36.6 Å². The van der Waals surface area contributed by atoms with Crippen LogP contribution in [0.15, 0.2) is 82.6 Å². The second kappa shape index (κ2) is 14.5.